The molecule has 3 aromatic rings. The molecule has 0 radical (unpaired) electrons. The van der Waals surface area contributed by atoms with Crippen LogP contribution in [0.2, 0.25) is 0 Å². The molecule has 2 aromatic carbocycles. The Kier molecular flexibility index (Phi) is 3.86. The van der Waals surface area contributed by atoms with Gasteiger partial charge in [0.2, 0.25) is 5.91 Å². The van der Waals surface area contributed by atoms with Gasteiger partial charge < -0.3 is 14.8 Å². The van der Waals surface area contributed by atoms with Gasteiger partial charge in [-0.3, -0.25) is 4.79 Å². The number of aliphatic hydroxyl groups is 1. The van der Waals surface area contributed by atoms with Gasteiger partial charge in [-0.25, -0.2) is 0 Å². The third-order valence-corrected chi connectivity index (χ3v) is 3.94. The second-order valence-electron chi connectivity index (χ2n) is 5.55. The minimum absolute atomic E-state index is 0.0123. The van der Waals surface area contributed by atoms with Gasteiger partial charge in [0.25, 0.3) is 0 Å². The highest BCUT2D eigenvalue weighted by molar-refractivity contribution is 6.07. The third kappa shape index (κ3) is 2.57. The van der Waals surface area contributed by atoms with Crippen LogP contribution in [-0.4, -0.2) is 17.6 Å². The van der Waals surface area contributed by atoms with Gasteiger partial charge >= 0.3 is 0 Å². The molecule has 1 atom stereocenters. The van der Waals surface area contributed by atoms with E-state index in [0.29, 0.717) is 6.42 Å². The molecule has 0 aliphatic rings. The highest BCUT2D eigenvalue weighted by atomic mass is 16.3. The highest BCUT2D eigenvalue weighted by Gasteiger charge is 2.11. The molecule has 0 fully saturated rings. The van der Waals surface area contributed by atoms with E-state index in [9.17, 15) is 9.90 Å². The number of hydrogen-bond acceptors (Lipinski definition) is 3. The van der Waals surface area contributed by atoms with Gasteiger partial charge in [-0.1, -0.05) is 19.9 Å². The maximum Gasteiger partial charge on any atom is 0.224 e. The molecule has 1 amide bonds. The number of aliphatic hydroxyl groups excluding tert-OH is 1. The van der Waals surface area contributed by atoms with Crippen LogP contribution in [0.15, 0.2) is 40.8 Å². The number of furan rings is 1. The Balaban J connectivity index is 2.12. The van der Waals surface area contributed by atoms with Crippen molar-refractivity contribution in [3.8, 4) is 0 Å². The summed E-state index contributed by atoms with van der Waals surface area (Å²) >= 11 is 0. The fourth-order valence-electron chi connectivity index (χ4n) is 2.53. The molecule has 0 bridgehead atoms. The Morgan fingerprint density at radius 3 is 2.55 bits per heavy atom. The van der Waals surface area contributed by atoms with Crippen LogP contribution >= 0.6 is 0 Å². The molecule has 114 valence electrons. The number of nitrogens with one attached hydrogen (secondary N) is 1. The van der Waals surface area contributed by atoms with Crippen molar-refractivity contribution in [1.82, 2.24) is 0 Å². The Morgan fingerprint density at radius 2 is 1.86 bits per heavy atom. The summed E-state index contributed by atoms with van der Waals surface area (Å²) in [6, 6.07) is 11.6. The van der Waals surface area contributed by atoms with Crippen LogP contribution in [-0.2, 0) is 4.79 Å². The summed E-state index contributed by atoms with van der Waals surface area (Å²) in [7, 11) is 0. The number of benzene rings is 2. The van der Waals surface area contributed by atoms with E-state index in [0.717, 1.165) is 33.2 Å². The molecule has 1 aromatic heterocycles. The number of amides is 1. The fourth-order valence-corrected chi connectivity index (χ4v) is 2.53. The molecule has 1 heterocycles. The Bertz CT molecular complexity index is 835. The zero-order valence-electron chi connectivity index (χ0n) is 12.7. The second kappa shape index (κ2) is 5.81. The van der Waals surface area contributed by atoms with Crippen LogP contribution in [0.25, 0.3) is 21.9 Å². The Hall–Kier alpha value is -2.33. The molecule has 4 nitrogen and oxygen atoms in total. The molecule has 3 rings (SSSR count). The van der Waals surface area contributed by atoms with E-state index in [4.69, 9.17) is 4.42 Å². The molecule has 0 aliphatic carbocycles. The van der Waals surface area contributed by atoms with Crippen LogP contribution in [0.4, 0.5) is 5.69 Å². The lowest BCUT2D eigenvalue weighted by atomic mass is 10.00. The summed E-state index contributed by atoms with van der Waals surface area (Å²) in [5.41, 5.74) is 3.43. The van der Waals surface area contributed by atoms with E-state index in [1.165, 1.54) is 0 Å². The largest absolute Gasteiger partial charge is 0.456 e. The normalized spacial score (nSPS) is 12.7. The van der Waals surface area contributed by atoms with Crippen molar-refractivity contribution in [1.29, 1.82) is 0 Å². The topological polar surface area (TPSA) is 62.5 Å². The first kappa shape index (κ1) is 14.6. The van der Waals surface area contributed by atoms with Gasteiger partial charge in [0.15, 0.2) is 0 Å². The summed E-state index contributed by atoms with van der Waals surface area (Å²) in [6.07, 6.45) is 0.447. The Labute approximate surface area is 128 Å². The zero-order valence-corrected chi connectivity index (χ0v) is 12.7. The minimum Gasteiger partial charge on any atom is -0.456 e. The van der Waals surface area contributed by atoms with Crippen LogP contribution < -0.4 is 5.32 Å². The lowest BCUT2D eigenvalue weighted by Gasteiger charge is -2.07. The van der Waals surface area contributed by atoms with Gasteiger partial charge in [-0.2, -0.15) is 0 Å². The van der Waals surface area contributed by atoms with Crippen molar-refractivity contribution in [2.75, 3.05) is 11.9 Å². The fraction of sp³-hybridized carbons (Fsp3) is 0.278. The molecular weight excluding hydrogens is 278 g/mol. The van der Waals surface area contributed by atoms with Crippen molar-refractivity contribution < 1.29 is 14.3 Å². The maximum absolute atomic E-state index is 11.5. The number of carbonyl (C=O) groups excluding carboxylic acids is 1. The predicted molar refractivity (Wildman–Crippen MR) is 88.1 cm³/mol. The molecule has 0 saturated heterocycles. The first-order chi connectivity index (χ1) is 10.6. The first-order valence-electron chi connectivity index (χ1n) is 7.49. The monoisotopic (exact) mass is 297 g/mol. The van der Waals surface area contributed by atoms with E-state index in [2.05, 4.69) is 5.32 Å². The van der Waals surface area contributed by atoms with E-state index in [-0.39, 0.29) is 18.4 Å². The molecule has 0 spiro atoms. The molecule has 22 heavy (non-hydrogen) atoms. The first-order valence-corrected chi connectivity index (χ1v) is 7.49. The van der Waals surface area contributed by atoms with Gasteiger partial charge in [0, 0.05) is 35.4 Å². The average molecular weight is 297 g/mol. The molecular formula is C18H19NO3. The maximum atomic E-state index is 11.5. The number of anilines is 1. The van der Waals surface area contributed by atoms with Gasteiger partial charge in [0.1, 0.15) is 11.2 Å². The number of rotatable bonds is 4. The molecule has 4 heteroatoms. The van der Waals surface area contributed by atoms with Gasteiger partial charge in [-0.05, 0) is 35.9 Å². The van der Waals surface area contributed by atoms with Crippen LogP contribution in [0.5, 0.6) is 0 Å². The summed E-state index contributed by atoms with van der Waals surface area (Å²) in [4.78, 5) is 11.5. The lowest BCUT2D eigenvalue weighted by Crippen LogP contribution is -2.08. The van der Waals surface area contributed by atoms with Crippen molar-refractivity contribution in [2.45, 2.75) is 26.2 Å². The van der Waals surface area contributed by atoms with E-state index in [1.807, 2.05) is 50.2 Å². The molecule has 1 unspecified atom stereocenters. The lowest BCUT2D eigenvalue weighted by molar-refractivity contribution is -0.115. The van der Waals surface area contributed by atoms with Gasteiger partial charge in [0.05, 0.1) is 0 Å². The SMILES string of the molecule is CCC(=O)Nc1ccc2oc3ccc(C(C)CO)cc3c2c1. The van der Waals surface area contributed by atoms with E-state index < -0.39 is 0 Å². The summed E-state index contributed by atoms with van der Waals surface area (Å²) in [5, 5.41) is 14.2. The summed E-state index contributed by atoms with van der Waals surface area (Å²) < 4.78 is 5.83. The number of carbonyl (C=O) groups is 1. The number of fused-ring (bicyclic) bond motifs is 3. The zero-order chi connectivity index (χ0) is 15.7. The van der Waals surface area contributed by atoms with Crippen molar-refractivity contribution in [3.63, 3.8) is 0 Å². The smallest absolute Gasteiger partial charge is 0.224 e. The molecule has 2 N–H and O–H groups in total. The predicted octanol–water partition coefficient (Wildman–Crippen LogP) is 4.03. The van der Waals surface area contributed by atoms with E-state index >= 15 is 0 Å². The standard InChI is InChI=1S/C18H19NO3/c1-3-18(21)19-13-5-7-17-15(9-13)14-8-12(11(2)10-20)4-6-16(14)22-17/h4-9,11,20H,3,10H2,1-2H3,(H,19,21). The summed E-state index contributed by atoms with van der Waals surface area (Å²) in [5.74, 6) is 0.0686. The molecule has 0 saturated carbocycles. The number of hydrogen-bond donors (Lipinski definition) is 2. The van der Waals surface area contributed by atoms with Crippen molar-refractivity contribution >= 4 is 33.5 Å². The second-order valence-corrected chi connectivity index (χ2v) is 5.55. The highest BCUT2D eigenvalue weighted by Crippen LogP contribution is 2.32. The van der Waals surface area contributed by atoms with Crippen molar-refractivity contribution in [3.05, 3.63) is 42.0 Å². The van der Waals surface area contributed by atoms with E-state index in [1.54, 1.807) is 0 Å². The van der Waals surface area contributed by atoms with Crippen molar-refractivity contribution in [2.24, 2.45) is 0 Å². The van der Waals surface area contributed by atoms with Gasteiger partial charge in [-0.15, -0.1) is 0 Å². The average Bonchev–Trinajstić information content (AvgIpc) is 2.91. The molecule has 0 aliphatic heterocycles. The summed E-state index contributed by atoms with van der Waals surface area (Å²) in [6.45, 7) is 3.92. The van der Waals surface area contributed by atoms with Crippen LogP contribution in [0, 0.1) is 0 Å². The third-order valence-electron chi connectivity index (χ3n) is 3.94. The van der Waals surface area contributed by atoms with Crippen LogP contribution in [0.1, 0.15) is 31.7 Å². The quantitative estimate of drug-likeness (QED) is 0.764. The minimum atomic E-state index is -0.0123. The Morgan fingerprint density at radius 1 is 1.18 bits per heavy atom. The van der Waals surface area contributed by atoms with Crippen LogP contribution in [0.3, 0.4) is 0 Å².